The third-order valence-corrected chi connectivity index (χ3v) is 0. The zero-order chi connectivity index (χ0) is 0. The molecule has 0 aromatic rings. The molecule has 0 aliphatic rings. The van der Waals surface area contributed by atoms with Crippen LogP contribution in [-0.4, -0.2) is 17.4 Å². The summed E-state index contributed by atoms with van der Waals surface area (Å²) in [6.45, 7) is 0. The minimum Gasteiger partial charge on any atom is -1.00 e. The molecule has 5 heavy (non-hydrogen) atoms. The average molecular weight is 292 g/mol. The second-order valence-corrected chi connectivity index (χ2v) is 0. The molecule has 0 unspecified atom stereocenters. The van der Waals surface area contributed by atoms with Crippen LogP contribution < -0.4 is 37.2 Å². The third-order valence-electron chi connectivity index (χ3n) is 0. The summed E-state index contributed by atoms with van der Waals surface area (Å²) in [5.41, 5.74) is 0. The van der Waals surface area contributed by atoms with Crippen molar-refractivity contribution in [2.24, 2.45) is 0 Å². The van der Waals surface area contributed by atoms with Gasteiger partial charge in [0.2, 0.25) is 0 Å². The van der Waals surface area contributed by atoms with Gasteiger partial charge in [0.1, 0.15) is 0 Å². The van der Waals surface area contributed by atoms with Gasteiger partial charge < -0.3 is 37.2 Å². The molecule has 0 bridgehead atoms. The molecule has 0 aromatic carbocycles. The topological polar surface area (TPSA) is 0 Å². The summed E-state index contributed by atoms with van der Waals surface area (Å²) in [6.07, 6.45) is 0. The van der Waals surface area contributed by atoms with Crippen LogP contribution in [0.25, 0.3) is 0 Å². The van der Waals surface area contributed by atoms with Crippen LogP contribution in [0.2, 0.25) is 0 Å². The largest absolute Gasteiger partial charge is 3.00 e. The van der Waals surface area contributed by atoms with Gasteiger partial charge in [0.15, 0.2) is 0 Å². The maximum absolute atomic E-state index is 0. The third kappa shape index (κ3) is 20.3. The second kappa shape index (κ2) is 29.9. The van der Waals surface area contributed by atoms with E-state index in [1.807, 2.05) is 0 Å². The summed E-state index contributed by atoms with van der Waals surface area (Å²) < 4.78 is 0. The zero-order valence-corrected chi connectivity index (χ0v) is 7.61. The first-order valence-electron chi connectivity index (χ1n) is 0. The van der Waals surface area contributed by atoms with Crippen LogP contribution in [0, 0.1) is 38.6 Å². The predicted octanol–water partition coefficient (Wildman–Crippen LogP) is -9.37. The Hall–Kier alpha value is 2.69. The first-order chi connectivity index (χ1) is 0. The van der Waals surface area contributed by atoms with Crippen LogP contribution in [0.5, 0.6) is 0 Å². The number of halogens is 3. The molecule has 33 valence electrons. The SMILES string of the molecule is [Al].[Cl-].[Cl-].[Cl-].[Tb+3]. The van der Waals surface area contributed by atoms with Gasteiger partial charge in [0.05, 0.1) is 0 Å². The molecule has 0 aliphatic carbocycles. The minimum atomic E-state index is 0. The summed E-state index contributed by atoms with van der Waals surface area (Å²) in [6, 6.07) is 0. The van der Waals surface area contributed by atoms with E-state index >= 15 is 0 Å². The second-order valence-electron chi connectivity index (χ2n) is 0. The standard InChI is InChI=1S/Al.3ClH.Tb/h;3*1H;/q;;;;+3/p-3. The van der Waals surface area contributed by atoms with Crippen LogP contribution in [-0.2, 0) is 0 Å². The quantitative estimate of drug-likeness (QED) is 0.389. The first kappa shape index (κ1) is 47.6. The van der Waals surface area contributed by atoms with Crippen LogP contribution in [0.4, 0.5) is 0 Å². The maximum atomic E-state index is 0. The van der Waals surface area contributed by atoms with E-state index < -0.39 is 0 Å². The average Bonchev–Trinajstić information content (AvgIpc) is 0. The molecule has 5 heteroatoms. The van der Waals surface area contributed by atoms with Gasteiger partial charge in [-0.15, -0.1) is 0 Å². The van der Waals surface area contributed by atoms with E-state index in [1.54, 1.807) is 0 Å². The molecule has 0 saturated heterocycles. The molecular weight excluding hydrogens is 292 g/mol. The molecule has 0 aromatic heterocycles. The van der Waals surface area contributed by atoms with E-state index in [-0.39, 0.29) is 93.2 Å². The van der Waals surface area contributed by atoms with Crippen LogP contribution in [0.15, 0.2) is 0 Å². The summed E-state index contributed by atoms with van der Waals surface area (Å²) in [5.74, 6) is 0. The maximum Gasteiger partial charge on any atom is 3.00 e. The number of rotatable bonds is 0. The van der Waals surface area contributed by atoms with Gasteiger partial charge in [-0.1, -0.05) is 0 Å². The Morgan fingerprint density at radius 3 is 0.600 bits per heavy atom. The Morgan fingerprint density at radius 2 is 0.600 bits per heavy atom. The Balaban J connectivity index is 0. The monoisotopic (exact) mass is 291 g/mol. The van der Waals surface area contributed by atoms with Crippen LogP contribution >= 0.6 is 0 Å². The van der Waals surface area contributed by atoms with Crippen molar-refractivity contribution in [3.8, 4) is 0 Å². The van der Waals surface area contributed by atoms with E-state index in [2.05, 4.69) is 0 Å². The molecule has 0 nitrogen and oxygen atoms in total. The van der Waals surface area contributed by atoms with Gasteiger partial charge in [-0.3, -0.25) is 0 Å². The van der Waals surface area contributed by atoms with Crippen molar-refractivity contribution in [1.82, 2.24) is 0 Å². The Morgan fingerprint density at radius 1 is 0.600 bits per heavy atom. The predicted molar refractivity (Wildman–Crippen MR) is 5.75 cm³/mol. The van der Waals surface area contributed by atoms with Gasteiger partial charge in [-0.25, -0.2) is 0 Å². The van der Waals surface area contributed by atoms with E-state index in [1.165, 1.54) is 0 Å². The summed E-state index contributed by atoms with van der Waals surface area (Å²) in [4.78, 5) is 0. The zero-order valence-electron chi connectivity index (χ0n) is 2.04. The van der Waals surface area contributed by atoms with Crippen LogP contribution in [0.1, 0.15) is 0 Å². The van der Waals surface area contributed by atoms with Crippen molar-refractivity contribution in [1.29, 1.82) is 0 Å². The van der Waals surface area contributed by atoms with Gasteiger partial charge in [0.25, 0.3) is 0 Å². The molecule has 0 rings (SSSR count). The number of hydrogen-bond acceptors (Lipinski definition) is 0. The van der Waals surface area contributed by atoms with Crippen molar-refractivity contribution >= 4 is 17.4 Å². The van der Waals surface area contributed by atoms with E-state index in [4.69, 9.17) is 0 Å². The van der Waals surface area contributed by atoms with Crippen LogP contribution in [0.3, 0.4) is 0 Å². The molecule has 0 fully saturated rings. The fourth-order valence-electron chi connectivity index (χ4n) is 0. The first-order valence-corrected chi connectivity index (χ1v) is 0. The smallest absolute Gasteiger partial charge is 1.00 e. The van der Waals surface area contributed by atoms with Crippen molar-refractivity contribution in [2.75, 3.05) is 0 Å². The van der Waals surface area contributed by atoms with Gasteiger partial charge in [0, 0.05) is 17.4 Å². The van der Waals surface area contributed by atoms with E-state index in [0.29, 0.717) is 0 Å². The van der Waals surface area contributed by atoms with Gasteiger partial charge in [-0.2, -0.15) is 0 Å². The Bertz CT molecular complexity index is 6.85. The summed E-state index contributed by atoms with van der Waals surface area (Å²) in [7, 11) is 0. The van der Waals surface area contributed by atoms with Gasteiger partial charge in [-0.05, 0) is 0 Å². The summed E-state index contributed by atoms with van der Waals surface area (Å²) >= 11 is 0. The number of hydrogen-bond donors (Lipinski definition) is 0. The summed E-state index contributed by atoms with van der Waals surface area (Å²) in [5, 5.41) is 0. The van der Waals surface area contributed by atoms with Crippen molar-refractivity contribution < 1.29 is 75.8 Å². The fourth-order valence-corrected chi connectivity index (χ4v) is 0. The van der Waals surface area contributed by atoms with Gasteiger partial charge >= 0.3 is 38.6 Å². The molecule has 0 N–H and O–H groups in total. The van der Waals surface area contributed by atoms with E-state index in [0.717, 1.165) is 0 Å². The molecule has 0 atom stereocenters. The normalized spacial score (nSPS) is 0. The minimum absolute atomic E-state index is 0. The Labute approximate surface area is 91.6 Å². The Kier molecular flexibility index (Phi) is 285. The molecule has 0 spiro atoms. The van der Waals surface area contributed by atoms with Crippen molar-refractivity contribution in [3.63, 3.8) is 0 Å². The van der Waals surface area contributed by atoms with Crippen molar-refractivity contribution in [2.45, 2.75) is 0 Å². The molecule has 0 saturated carbocycles. The molecule has 3 radical (unpaired) electrons. The molecular formula is AlCl3Tb. The van der Waals surface area contributed by atoms with E-state index in [9.17, 15) is 0 Å². The fraction of sp³-hybridized carbons (Fsp3) is 0. The molecule has 0 heterocycles. The van der Waals surface area contributed by atoms with Crippen molar-refractivity contribution in [3.05, 3.63) is 0 Å². The molecule has 0 aliphatic heterocycles. The molecule has 0 amide bonds.